The van der Waals surface area contributed by atoms with Gasteiger partial charge in [-0.25, -0.2) is 13.1 Å². The molecule has 26 heavy (non-hydrogen) atoms. The van der Waals surface area contributed by atoms with E-state index in [0.717, 1.165) is 35.2 Å². The molecule has 136 valence electrons. The van der Waals surface area contributed by atoms with E-state index in [1.807, 2.05) is 32.0 Å². The molecule has 0 saturated heterocycles. The van der Waals surface area contributed by atoms with Crippen molar-refractivity contribution in [3.05, 3.63) is 65.2 Å². The molecule has 0 aromatic heterocycles. The van der Waals surface area contributed by atoms with E-state index in [1.165, 1.54) is 6.08 Å². The highest BCUT2D eigenvalue weighted by molar-refractivity contribution is 7.89. The van der Waals surface area contributed by atoms with Crippen molar-refractivity contribution in [1.29, 1.82) is 0 Å². The van der Waals surface area contributed by atoms with Crippen molar-refractivity contribution in [2.45, 2.75) is 37.6 Å². The predicted octanol–water partition coefficient (Wildman–Crippen LogP) is 3.40. The summed E-state index contributed by atoms with van der Waals surface area (Å²) < 4.78 is 26.9. The molecule has 1 fully saturated rings. The van der Waals surface area contributed by atoms with Crippen LogP contribution in [0.1, 0.15) is 29.5 Å². The van der Waals surface area contributed by atoms with Crippen molar-refractivity contribution in [1.82, 2.24) is 4.72 Å². The highest BCUT2D eigenvalue weighted by Gasteiger charge is 2.27. The third-order valence-electron chi connectivity index (χ3n) is 4.16. The summed E-state index contributed by atoms with van der Waals surface area (Å²) in [5.74, 6) is -0.232. The first-order valence-electron chi connectivity index (χ1n) is 8.52. The monoisotopic (exact) mass is 370 g/mol. The van der Waals surface area contributed by atoms with Gasteiger partial charge in [0.1, 0.15) is 0 Å². The number of carbonyl (C=O) groups is 1. The number of anilines is 1. The molecule has 5 nitrogen and oxygen atoms in total. The minimum Gasteiger partial charge on any atom is -0.322 e. The lowest BCUT2D eigenvalue weighted by molar-refractivity contribution is -0.111. The molecule has 0 spiro atoms. The molecule has 1 aliphatic rings. The van der Waals surface area contributed by atoms with Crippen LogP contribution >= 0.6 is 0 Å². The normalized spacial score (nSPS) is 14.5. The van der Waals surface area contributed by atoms with Gasteiger partial charge in [0.2, 0.25) is 15.9 Å². The number of aryl methyl sites for hydroxylation is 2. The van der Waals surface area contributed by atoms with E-state index in [-0.39, 0.29) is 16.8 Å². The summed E-state index contributed by atoms with van der Waals surface area (Å²) in [7, 11) is -3.45. The third kappa shape index (κ3) is 4.80. The van der Waals surface area contributed by atoms with Crippen molar-refractivity contribution in [2.75, 3.05) is 5.32 Å². The van der Waals surface area contributed by atoms with Crippen molar-refractivity contribution < 1.29 is 13.2 Å². The maximum Gasteiger partial charge on any atom is 0.248 e. The Kier molecular flexibility index (Phi) is 5.25. The van der Waals surface area contributed by atoms with Gasteiger partial charge in [0.05, 0.1) is 4.90 Å². The fraction of sp³-hybridized carbons (Fsp3) is 0.250. The van der Waals surface area contributed by atoms with E-state index in [0.29, 0.717) is 0 Å². The highest BCUT2D eigenvalue weighted by Crippen LogP contribution is 2.22. The second-order valence-corrected chi connectivity index (χ2v) is 8.32. The summed E-state index contributed by atoms with van der Waals surface area (Å²) in [6, 6.07) is 12.4. The number of hydrogen-bond acceptors (Lipinski definition) is 3. The number of sulfonamides is 1. The fourth-order valence-electron chi connectivity index (χ4n) is 2.55. The van der Waals surface area contributed by atoms with Crippen LogP contribution in [0.4, 0.5) is 5.69 Å². The average Bonchev–Trinajstić information content (AvgIpc) is 3.39. The Morgan fingerprint density at radius 2 is 1.77 bits per heavy atom. The molecular weight excluding hydrogens is 348 g/mol. The topological polar surface area (TPSA) is 75.3 Å². The second-order valence-electron chi connectivity index (χ2n) is 6.61. The Morgan fingerprint density at radius 3 is 2.38 bits per heavy atom. The maximum atomic E-state index is 12.1. The molecule has 1 saturated carbocycles. The largest absolute Gasteiger partial charge is 0.322 e. The van der Waals surface area contributed by atoms with Crippen LogP contribution < -0.4 is 10.0 Å². The van der Waals surface area contributed by atoms with Gasteiger partial charge in [-0.05, 0) is 62.1 Å². The number of amides is 1. The molecule has 3 rings (SSSR count). The maximum absolute atomic E-state index is 12.1. The van der Waals surface area contributed by atoms with E-state index in [1.54, 1.807) is 30.3 Å². The first-order chi connectivity index (χ1) is 12.3. The van der Waals surface area contributed by atoms with Gasteiger partial charge in [-0.1, -0.05) is 29.8 Å². The van der Waals surface area contributed by atoms with Gasteiger partial charge in [0, 0.05) is 17.8 Å². The van der Waals surface area contributed by atoms with E-state index in [4.69, 9.17) is 0 Å². The number of rotatable bonds is 6. The first-order valence-corrected chi connectivity index (χ1v) is 10.0. The summed E-state index contributed by atoms with van der Waals surface area (Å²) in [6.07, 6.45) is 4.89. The average molecular weight is 370 g/mol. The lowest BCUT2D eigenvalue weighted by Crippen LogP contribution is -2.25. The van der Waals surface area contributed by atoms with Crippen LogP contribution in [-0.2, 0) is 14.8 Å². The van der Waals surface area contributed by atoms with Gasteiger partial charge >= 0.3 is 0 Å². The van der Waals surface area contributed by atoms with Gasteiger partial charge in [-0.3, -0.25) is 4.79 Å². The molecule has 1 amide bonds. The molecule has 2 aromatic rings. The third-order valence-corrected chi connectivity index (χ3v) is 5.69. The zero-order valence-electron chi connectivity index (χ0n) is 14.8. The molecule has 0 aliphatic heterocycles. The number of carbonyl (C=O) groups excluding carboxylic acids is 1. The lowest BCUT2D eigenvalue weighted by atomic mass is 10.1. The van der Waals surface area contributed by atoms with Crippen LogP contribution in [0.25, 0.3) is 6.08 Å². The Bertz CT molecular complexity index is 944. The van der Waals surface area contributed by atoms with Crippen LogP contribution in [0.15, 0.2) is 53.4 Å². The van der Waals surface area contributed by atoms with E-state index < -0.39 is 10.0 Å². The summed E-state index contributed by atoms with van der Waals surface area (Å²) in [5, 5.41) is 2.84. The standard InChI is InChI=1S/C20H22N2O3S/c1-14-3-11-19(15(2)13-14)21-20(23)12-6-16-4-9-18(10-5-16)26(24,25)22-17-7-8-17/h3-6,9-13,17,22H,7-8H2,1-2H3,(H,21,23)/b12-6+. The van der Waals surface area contributed by atoms with E-state index >= 15 is 0 Å². The molecule has 0 bridgehead atoms. The number of benzene rings is 2. The predicted molar refractivity (Wildman–Crippen MR) is 103 cm³/mol. The first kappa shape index (κ1) is 18.4. The molecule has 2 aromatic carbocycles. The van der Waals surface area contributed by atoms with Crippen molar-refractivity contribution in [3.8, 4) is 0 Å². The zero-order valence-corrected chi connectivity index (χ0v) is 15.6. The van der Waals surface area contributed by atoms with Crippen molar-refractivity contribution >= 4 is 27.7 Å². The highest BCUT2D eigenvalue weighted by atomic mass is 32.2. The van der Waals surface area contributed by atoms with Gasteiger partial charge in [-0.15, -0.1) is 0 Å². The molecule has 0 radical (unpaired) electrons. The fourth-order valence-corrected chi connectivity index (χ4v) is 3.85. The minimum absolute atomic E-state index is 0.0773. The summed E-state index contributed by atoms with van der Waals surface area (Å²) in [6.45, 7) is 3.95. The van der Waals surface area contributed by atoms with Crippen molar-refractivity contribution in [2.24, 2.45) is 0 Å². The van der Waals surface area contributed by atoms with Gasteiger partial charge in [0.15, 0.2) is 0 Å². The molecule has 0 unspecified atom stereocenters. The SMILES string of the molecule is Cc1ccc(NC(=O)/C=C/c2ccc(S(=O)(=O)NC3CC3)cc2)c(C)c1. The van der Waals surface area contributed by atoms with Crippen LogP contribution in [0.3, 0.4) is 0 Å². The molecule has 0 atom stereocenters. The van der Waals surface area contributed by atoms with Gasteiger partial charge < -0.3 is 5.32 Å². The van der Waals surface area contributed by atoms with Gasteiger partial charge in [-0.2, -0.15) is 0 Å². The molecule has 2 N–H and O–H groups in total. The van der Waals surface area contributed by atoms with Crippen LogP contribution in [0.2, 0.25) is 0 Å². The minimum atomic E-state index is -3.45. The quantitative estimate of drug-likeness (QED) is 0.765. The summed E-state index contributed by atoms with van der Waals surface area (Å²) in [5.41, 5.74) is 3.68. The van der Waals surface area contributed by atoms with Crippen molar-refractivity contribution in [3.63, 3.8) is 0 Å². The number of nitrogens with one attached hydrogen (secondary N) is 2. The van der Waals surface area contributed by atoms with Crippen LogP contribution in [-0.4, -0.2) is 20.4 Å². The Balaban J connectivity index is 1.63. The molecular formula is C20H22N2O3S. The summed E-state index contributed by atoms with van der Waals surface area (Å²) >= 11 is 0. The Hall–Kier alpha value is -2.44. The van der Waals surface area contributed by atoms with E-state index in [2.05, 4.69) is 10.0 Å². The second kappa shape index (κ2) is 7.43. The Labute approximate surface area is 154 Å². The molecule has 1 aliphatic carbocycles. The summed E-state index contributed by atoms with van der Waals surface area (Å²) in [4.78, 5) is 12.3. The lowest BCUT2D eigenvalue weighted by Gasteiger charge is -2.07. The molecule has 6 heteroatoms. The van der Waals surface area contributed by atoms with E-state index in [9.17, 15) is 13.2 Å². The van der Waals surface area contributed by atoms with Crippen LogP contribution in [0.5, 0.6) is 0 Å². The van der Waals surface area contributed by atoms with Crippen LogP contribution in [0, 0.1) is 13.8 Å². The number of hydrogen-bond donors (Lipinski definition) is 2. The smallest absolute Gasteiger partial charge is 0.248 e. The van der Waals surface area contributed by atoms with Gasteiger partial charge in [0.25, 0.3) is 0 Å². The Morgan fingerprint density at radius 1 is 1.08 bits per heavy atom. The molecule has 0 heterocycles. The zero-order chi connectivity index (χ0) is 18.7.